The lowest BCUT2D eigenvalue weighted by Crippen LogP contribution is -2.15. The third kappa shape index (κ3) is 4.47. The summed E-state index contributed by atoms with van der Waals surface area (Å²) < 4.78 is 5.51. The zero-order valence-corrected chi connectivity index (χ0v) is 10.9. The molecule has 0 heterocycles. The van der Waals surface area contributed by atoms with Crippen LogP contribution in [-0.4, -0.2) is 12.5 Å². The maximum atomic E-state index is 11.7. The second-order valence-corrected chi connectivity index (χ2v) is 4.33. The van der Waals surface area contributed by atoms with E-state index in [4.69, 9.17) is 4.74 Å². The van der Waals surface area contributed by atoms with Gasteiger partial charge in [0, 0.05) is 5.69 Å². The largest absolute Gasteiger partial charge is 0.493 e. The summed E-state index contributed by atoms with van der Waals surface area (Å²) in [7, 11) is 0. The van der Waals surface area contributed by atoms with E-state index in [2.05, 4.69) is 5.32 Å². The van der Waals surface area contributed by atoms with E-state index < -0.39 is 0 Å². The van der Waals surface area contributed by atoms with Gasteiger partial charge >= 0.3 is 0 Å². The SMILES string of the molecule is Cc1ccc(OCCC(=O)Nc2ccccc2)cc1. The van der Waals surface area contributed by atoms with Gasteiger partial charge in [0.1, 0.15) is 5.75 Å². The highest BCUT2D eigenvalue weighted by Gasteiger charge is 2.02. The van der Waals surface area contributed by atoms with Crippen molar-refractivity contribution in [2.75, 3.05) is 11.9 Å². The Kier molecular flexibility index (Phi) is 4.56. The lowest BCUT2D eigenvalue weighted by Gasteiger charge is -2.07. The average molecular weight is 255 g/mol. The number of carbonyl (C=O) groups is 1. The van der Waals surface area contributed by atoms with Crippen LogP contribution in [0.4, 0.5) is 5.69 Å². The first-order chi connectivity index (χ1) is 9.24. The lowest BCUT2D eigenvalue weighted by atomic mass is 10.2. The molecule has 0 fully saturated rings. The minimum atomic E-state index is -0.0432. The van der Waals surface area contributed by atoms with Crippen LogP contribution in [-0.2, 0) is 4.79 Å². The van der Waals surface area contributed by atoms with Gasteiger partial charge in [-0.05, 0) is 31.2 Å². The van der Waals surface area contributed by atoms with Gasteiger partial charge in [0.2, 0.25) is 5.91 Å². The number of para-hydroxylation sites is 1. The number of benzene rings is 2. The molecule has 2 rings (SSSR count). The maximum absolute atomic E-state index is 11.7. The summed E-state index contributed by atoms with van der Waals surface area (Å²) in [6.07, 6.45) is 0.336. The van der Waals surface area contributed by atoms with Crippen molar-refractivity contribution in [3.05, 3.63) is 60.2 Å². The summed E-state index contributed by atoms with van der Waals surface area (Å²) in [6, 6.07) is 17.2. The monoisotopic (exact) mass is 255 g/mol. The van der Waals surface area contributed by atoms with E-state index in [0.29, 0.717) is 13.0 Å². The van der Waals surface area contributed by atoms with Crippen LogP contribution in [0.3, 0.4) is 0 Å². The molecule has 0 saturated heterocycles. The van der Waals surface area contributed by atoms with Gasteiger partial charge in [0.15, 0.2) is 0 Å². The molecule has 0 bridgehead atoms. The molecule has 3 nitrogen and oxygen atoms in total. The highest BCUT2D eigenvalue weighted by atomic mass is 16.5. The molecule has 19 heavy (non-hydrogen) atoms. The first kappa shape index (κ1) is 13.1. The molecule has 0 aromatic heterocycles. The first-order valence-electron chi connectivity index (χ1n) is 6.28. The minimum absolute atomic E-state index is 0.0432. The van der Waals surface area contributed by atoms with Gasteiger partial charge in [-0.1, -0.05) is 35.9 Å². The van der Waals surface area contributed by atoms with Crippen LogP contribution >= 0.6 is 0 Å². The Balaban J connectivity index is 1.74. The number of nitrogens with one attached hydrogen (secondary N) is 1. The Bertz CT molecular complexity index is 520. The van der Waals surface area contributed by atoms with E-state index in [1.54, 1.807) is 0 Å². The Morgan fingerprint density at radius 2 is 1.74 bits per heavy atom. The lowest BCUT2D eigenvalue weighted by molar-refractivity contribution is -0.116. The first-order valence-corrected chi connectivity index (χ1v) is 6.28. The second-order valence-electron chi connectivity index (χ2n) is 4.33. The summed E-state index contributed by atoms with van der Waals surface area (Å²) in [5, 5.41) is 2.82. The molecule has 0 spiro atoms. The third-order valence-electron chi connectivity index (χ3n) is 2.68. The molecule has 3 heteroatoms. The van der Waals surface area contributed by atoms with E-state index in [-0.39, 0.29) is 5.91 Å². The fourth-order valence-electron chi connectivity index (χ4n) is 1.64. The Morgan fingerprint density at radius 3 is 2.42 bits per heavy atom. The molecule has 0 radical (unpaired) electrons. The van der Waals surface area contributed by atoms with Crippen molar-refractivity contribution in [2.45, 2.75) is 13.3 Å². The number of aryl methyl sites for hydroxylation is 1. The molecule has 98 valence electrons. The molecule has 0 saturated carbocycles. The zero-order chi connectivity index (χ0) is 13.5. The van der Waals surface area contributed by atoms with Crippen LogP contribution in [0.25, 0.3) is 0 Å². The van der Waals surface area contributed by atoms with Crippen molar-refractivity contribution in [1.29, 1.82) is 0 Å². The molecule has 0 aliphatic heterocycles. The van der Waals surface area contributed by atoms with Crippen LogP contribution in [0.5, 0.6) is 5.75 Å². The Morgan fingerprint density at radius 1 is 1.05 bits per heavy atom. The highest BCUT2D eigenvalue weighted by Crippen LogP contribution is 2.12. The second kappa shape index (κ2) is 6.59. The number of amides is 1. The van der Waals surface area contributed by atoms with Gasteiger partial charge in [-0.25, -0.2) is 0 Å². The van der Waals surface area contributed by atoms with Gasteiger partial charge in [-0.15, -0.1) is 0 Å². The number of anilines is 1. The average Bonchev–Trinajstić information content (AvgIpc) is 2.42. The maximum Gasteiger partial charge on any atom is 0.227 e. The van der Waals surface area contributed by atoms with Gasteiger partial charge < -0.3 is 10.1 Å². The molecular weight excluding hydrogens is 238 g/mol. The fourth-order valence-corrected chi connectivity index (χ4v) is 1.64. The summed E-state index contributed by atoms with van der Waals surface area (Å²) in [5.74, 6) is 0.747. The van der Waals surface area contributed by atoms with E-state index in [1.165, 1.54) is 5.56 Å². The number of hydrogen-bond donors (Lipinski definition) is 1. The summed E-state index contributed by atoms with van der Waals surface area (Å²) in [6.45, 7) is 2.40. The Labute approximate surface area is 113 Å². The molecule has 2 aromatic rings. The molecule has 0 aliphatic carbocycles. The van der Waals surface area contributed by atoms with Crippen molar-refractivity contribution in [3.63, 3.8) is 0 Å². The van der Waals surface area contributed by atoms with Crippen molar-refractivity contribution in [1.82, 2.24) is 0 Å². The van der Waals surface area contributed by atoms with Gasteiger partial charge in [0.25, 0.3) is 0 Å². The van der Waals surface area contributed by atoms with Crippen LogP contribution in [0.2, 0.25) is 0 Å². The normalized spacial score (nSPS) is 9.95. The highest BCUT2D eigenvalue weighted by molar-refractivity contribution is 5.90. The molecular formula is C16H17NO2. The summed E-state index contributed by atoms with van der Waals surface area (Å²) >= 11 is 0. The summed E-state index contributed by atoms with van der Waals surface area (Å²) in [4.78, 5) is 11.7. The van der Waals surface area contributed by atoms with Crippen molar-refractivity contribution in [2.24, 2.45) is 0 Å². The predicted octanol–water partition coefficient (Wildman–Crippen LogP) is 3.40. The molecule has 0 unspecified atom stereocenters. The molecule has 0 atom stereocenters. The molecule has 1 N–H and O–H groups in total. The van der Waals surface area contributed by atoms with E-state index in [9.17, 15) is 4.79 Å². The van der Waals surface area contributed by atoms with Crippen LogP contribution in [0.1, 0.15) is 12.0 Å². The number of ether oxygens (including phenoxy) is 1. The third-order valence-corrected chi connectivity index (χ3v) is 2.68. The van der Waals surface area contributed by atoms with Gasteiger partial charge in [-0.3, -0.25) is 4.79 Å². The number of rotatable bonds is 5. The van der Waals surface area contributed by atoms with E-state index in [0.717, 1.165) is 11.4 Å². The van der Waals surface area contributed by atoms with E-state index in [1.807, 2.05) is 61.5 Å². The van der Waals surface area contributed by atoms with E-state index >= 15 is 0 Å². The number of hydrogen-bond acceptors (Lipinski definition) is 2. The van der Waals surface area contributed by atoms with Crippen LogP contribution < -0.4 is 10.1 Å². The van der Waals surface area contributed by atoms with Gasteiger partial charge in [-0.2, -0.15) is 0 Å². The molecule has 0 aliphatic rings. The standard InChI is InChI=1S/C16H17NO2/c1-13-7-9-15(10-8-13)19-12-11-16(18)17-14-5-3-2-4-6-14/h2-10H,11-12H2,1H3,(H,17,18). The fraction of sp³-hybridized carbons (Fsp3) is 0.188. The smallest absolute Gasteiger partial charge is 0.227 e. The topological polar surface area (TPSA) is 38.3 Å². The van der Waals surface area contributed by atoms with Crippen molar-refractivity contribution in [3.8, 4) is 5.75 Å². The number of carbonyl (C=O) groups excluding carboxylic acids is 1. The van der Waals surface area contributed by atoms with Gasteiger partial charge in [0.05, 0.1) is 13.0 Å². The minimum Gasteiger partial charge on any atom is -0.493 e. The Hall–Kier alpha value is -2.29. The summed E-state index contributed by atoms with van der Waals surface area (Å²) in [5.41, 5.74) is 2.00. The van der Waals surface area contributed by atoms with Crippen molar-refractivity contribution < 1.29 is 9.53 Å². The van der Waals surface area contributed by atoms with Crippen molar-refractivity contribution >= 4 is 11.6 Å². The van der Waals surface area contributed by atoms with Crippen LogP contribution in [0, 0.1) is 6.92 Å². The zero-order valence-electron chi connectivity index (χ0n) is 10.9. The molecule has 2 aromatic carbocycles. The predicted molar refractivity (Wildman–Crippen MR) is 76.4 cm³/mol. The van der Waals surface area contributed by atoms with Crippen LogP contribution in [0.15, 0.2) is 54.6 Å². The molecule has 1 amide bonds. The quantitative estimate of drug-likeness (QED) is 0.889.